The maximum Gasteiger partial charge on any atom is 0.472 e. The van der Waals surface area contributed by atoms with Crippen molar-refractivity contribution in [2.75, 3.05) is 40.9 Å². The smallest absolute Gasteiger partial charge is 0.387 e. The number of hydrogen-bond acceptors (Lipinski definition) is 5. The van der Waals surface area contributed by atoms with Crippen molar-refractivity contribution in [2.45, 2.75) is 180 Å². The molecule has 0 bridgehead atoms. The van der Waals surface area contributed by atoms with Crippen LogP contribution in [0.25, 0.3) is 0 Å². The summed E-state index contributed by atoms with van der Waals surface area (Å²) in [5.41, 5.74) is 0. The van der Waals surface area contributed by atoms with Crippen molar-refractivity contribution in [2.24, 2.45) is 0 Å². The Morgan fingerprint density at radius 3 is 1.29 bits per heavy atom. The number of phosphoric ester groups is 1. The zero-order chi connectivity index (χ0) is 49.9. The topological polar surface area (TPSA) is 105 Å². The van der Waals surface area contributed by atoms with Crippen LogP contribution < -0.4 is 5.32 Å². The van der Waals surface area contributed by atoms with Gasteiger partial charge >= 0.3 is 7.82 Å². The van der Waals surface area contributed by atoms with E-state index in [0.29, 0.717) is 17.4 Å². The van der Waals surface area contributed by atoms with Gasteiger partial charge in [0, 0.05) is 6.42 Å². The quantitative estimate of drug-likeness (QED) is 0.0243. The highest BCUT2D eigenvalue weighted by atomic mass is 31.2. The van der Waals surface area contributed by atoms with Gasteiger partial charge in [0.2, 0.25) is 5.91 Å². The second-order valence-electron chi connectivity index (χ2n) is 18.2. The number of rotatable bonds is 45. The molecule has 0 fully saturated rings. The summed E-state index contributed by atoms with van der Waals surface area (Å²) < 4.78 is 23.4. The summed E-state index contributed by atoms with van der Waals surface area (Å²) in [4.78, 5) is 23.0. The summed E-state index contributed by atoms with van der Waals surface area (Å²) >= 11 is 0. The van der Waals surface area contributed by atoms with Gasteiger partial charge in [-0.05, 0) is 103 Å². The summed E-state index contributed by atoms with van der Waals surface area (Å²) in [5.74, 6) is -0.204. The molecule has 8 nitrogen and oxygen atoms in total. The number of nitrogens with one attached hydrogen (secondary N) is 1. The summed E-state index contributed by atoms with van der Waals surface area (Å²) in [6.45, 7) is 4.54. The number of aliphatic hydroxyl groups excluding tert-OH is 1. The van der Waals surface area contributed by atoms with Crippen molar-refractivity contribution in [3.8, 4) is 0 Å². The molecule has 9 heteroatoms. The average Bonchev–Trinajstić information content (AvgIpc) is 3.30. The lowest BCUT2D eigenvalue weighted by molar-refractivity contribution is -0.870. The number of quaternary nitrogens is 1. The van der Waals surface area contributed by atoms with Gasteiger partial charge < -0.3 is 19.8 Å². The molecule has 0 aromatic rings. The molecule has 3 unspecified atom stereocenters. The van der Waals surface area contributed by atoms with Crippen molar-refractivity contribution in [3.63, 3.8) is 0 Å². The first-order chi connectivity index (χ1) is 33.0. The fourth-order valence-corrected chi connectivity index (χ4v) is 7.19. The molecule has 3 atom stereocenters. The second-order valence-corrected chi connectivity index (χ2v) is 19.6. The van der Waals surface area contributed by atoms with Crippen LogP contribution in [0.5, 0.6) is 0 Å². The van der Waals surface area contributed by atoms with E-state index < -0.39 is 20.0 Å². The van der Waals surface area contributed by atoms with Gasteiger partial charge in [0.15, 0.2) is 0 Å². The largest absolute Gasteiger partial charge is 0.472 e. The molecule has 0 rings (SSSR count). The lowest BCUT2D eigenvalue weighted by Crippen LogP contribution is -2.45. The van der Waals surface area contributed by atoms with Crippen molar-refractivity contribution < 1.29 is 32.9 Å². The molecule has 0 aromatic carbocycles. The Morgan fingerprint density at radius 1 is 0.515 bits per heavy atom. The number of hydrogen-bond donors (Lipinski definition) is 3. The van der Waals surface area contributed by atoms with E-state index in [1.807, 2.05) is 27.2 Å². The molecule has 0 saturated carbocycles. The van der Waals surface area contributed by atoms with Crippen LogP contribution in [0.4, 0.5) is 0 Å². The number of unbranched alkanes of at least 4 members (excludes halogenated alkanes) is 10. The van der Waals surface area contributed by atoms with Crippen LogP contribution in [0.2, 0.25) is 0 Å². The lowest BCUT2D eigenvalue weighted by atomic mass is 10.1. The summed E-state index contributed by atoms with van der Waals surface area (Å²) in [6, 6.07) is -0.858. The third-order valence-electron chi connectivity index (χ3n) is 10.6. The minimum Gasteiger partial charge on any atom is -0.387 e. The number of nitrogens with zero attached hydrogens (tertiary/aromatic N) is 1. The fourth-order valence-electron chi connectivity index (χ4n) is 6.45. The molecule has 0 aromatic heterocycles. The third-order valence-corrected chi connectivity index (χ3v) is 11.5. The maximum atomic E-state index is 12.8. The number of likely N-dealkylation sites (N-methyl/N-ethyl adjacent to an activating group) is 1. The normalized spacial score (nSPS) is 15.2. The fraction of sp³-hybridized carbons (Fsp3) is 0.576. The highest BCUT2D eigenvalue weighted by molar-refractivity contribution is 7.47. The maximum absolute atomic E-state index is 12.8. The van der Waals surface area contributed by atoms with Crippen molar-refractivity contribution in [3.05, 3.63) is 146 Å². The Hall–Kier alpha value is -3.62. The number of aliphatic hydroxyl groups is 1. The van der Waals surface area contributed by atoms with Crippen LogP contribution in [0.3, 0.4) is 0 Å². The van der Waals surface area contributed by atoms with E-state index in [4.69, 9.17) is 9.05 Å². The third kappa shape index (κ3) is 50.3. The monoisotopic (exact) mass is 962 g/mol. The van der Waals surface area contributed by atoms with Crippen molar-refractivity contribution in [1.82, 2.24) is 5.32 Å². The van der Waals surface area contributed by atoms with E-state index in [9.17, 15) is 19.4 Å². The van der Waals surface area contributed by atoms with Gasteiger partial charge in [0.05, 0.1) is 39.9 Å². The van der Waals surface area contributed by atoms with Gasteiger partial charge in [0.25, 0.3) is 0 Å². The molecule has 0 heterocycles. The molecule has 0 aliphatic heterocycles. The molecule has 0 saturated heterocycles. The number of carbonyl (C=O) groups is 1. The Labute approximate surface area is 417 Å². The minimum atomic E-state index is -4.34. The first-order valence-electron chi connectivity index (χ1n) is 26.2. The number of phosphoric acid groups is 1. The molecule has 0 radical (unpaired) electrons. The van der Waals surface area contributed by atoms with E-state index >= 15 is 0 Å². The van der Waals surface area contributed by atoms with Crippen LogP contribution >= 0.6 is 7.82 Å². The first-order valence-corrected chi connectivity index (χ1v) is 27.7. The molecule has 0 aliphatic rings. The van der Waals surface area contributed by atoms with Crippen LogP contribution in [0, 0.1) is 0 Å². The Kier molecular flexibility index (Phi) is 45.8. The minimum absolute atomic E-state index is 0.0506. The molecular weight excluding hydrogens is 864 g/mol. The first kappa shape index (κ1) is 64.4. The van der Waals surface area contributed by atoms with Gasteiger partial charge in [-0.3, -0.25) is 13.8 Å². The lowest BCUT2D eigenvalue weighted by Gasteiger charge is -2.25. The standard InChI is InChI=1S/C59H97N2O6P/c1-6-8-10-12-13-14-15-16-17-18-19-20-21-22-23-24-25-26-27-28-29-30-31-32-33-34-35-36-37-38-39-40-41-42-43-44-45-46-47-49-51-53-59(63)60-57(58(62)52-50-48-11-9-7-2)56-67-68(64,65)66-55-54-61(3,4)5/h8,10,13-14,16-17,19-20,22-23,25-26,28-29,31-32,34-35,37-38,40-41,50,52,57-58,62H,6-7,9,11-12,15,18,21,24,27,30,33,36,39,42-49,51,53-56H2,1-5H3,(H-,60,63,64,65)/p+1/b10-8-,14-13-,17-16-,20-19-,23-22-,26-25-,29-28-,32-31-,35-34-,38-37-,41-40-,52-50+. The van der Waals surface area contributed by atoms with Crippen LogP contribution in [-0.4, -0.2) is 73.4 Å². The zero-order valence-electron chi connectivity index (χ0n) is 43.5. The van der Waals surface area contributed by atoms with E-state index in [-0.39, 0.29) is 19.1 Å². The van der Waals surface area contributed by atoms with E-state index in [1.165, 1.54) is 19.3 Å². The number of allylic oxidation sites excluding steroid dienone is 23. The van der Waals surface area contributed by atoms with Crippen LogP contribution in [-0.2, 0) is 18.4 Å². The van der Waals surface area contributed by atoms with E-state index in [2.05, 4.69) is 153 Å². The predicted molar refractivity (Wildman–Crippen MR) is 294 cm³/mol. The summed E-state index contributed by atoms with van der Waals surface area (Å²) in [5, 5.41) is 13.6. The average molecular weight is 962 g/mol. The molecule has 68 heavy (non-hydrogen) atoms. The van der Waals surface area contributed by atoms with E-state index in [1.54, 1.807) is 6.08 Å². The molecule has 3 N–H and O–H groups in total. The van der Waals surface area contributed by atoms with Gasteiger partial charge in [-0.2, -0.15) is 0 Å². The second kappa shape index (κ2) is 48.4. The summed E-state index contributed by atoms with van der Waals surface area (Å²) in [6.07, 6.45) is 75.7. The Morgan fingerprint density at radius 2 is 0.882 bits per heavy atom. The molecule has 0 aliphatic carbocycles. The van der Waals surface area contributed by atoms with Crippen molar-refractivity contribution in [1.29, 1.82) is 0 Å². The van der Waals surface area contributed by atoms with E-state index in [0.717, 1.165) is 128 Å². The molecule has 0 spiro atoms. The Bertz CT molecular complexity index is 1610. The highest BCUT2D eigenvalue weighted by Gasteiger charge is 2.27. The van der Waals surface area contributed by atoms with Crippen molar-refractivity contribution >= 4 is 13.7 Å². The van der Waals surface area contributed by atoms with Crippen LogP contribution in [0.1, 0.15) is 168 Å². The van der Waals surface area contributed by atoms with Crippen LogP contribution in [0.15, 0.2) is 146 Å². The van der Waals surface area contributed by atoms with Gasteiger partial charge in [-0.15, -0.1) is 0 Å². The number of carbonyl (C=O) groups excluding carboxylic acids is 1. The number of amides is 1. The predicted octanol–water partition coefficient (Wildman–Crippen LogP) is 15.7. The van der Waals surface area contributed by atoms with Gasteiger partial charge in [0.1, 0.15) is 13.2 Å². The molecular formula is C59H98N2O6P+. The highest BCUT2D eigenvalue weighted by Crippen LogP contribution is 2.43. The van der Waals surface area contributed by atoms with Gasteiger partial charge in [-0.25, -0.2) is 4.57 Å². The zero-order valence-corrected chi connectivity index (χ0v) is 44.4. The molecule has 1 amide bonds. The Balaban J connectivity index is 3.98. The SMILES string of the molecule is CC/C=C\C/C=C\C/C=C\C/C=C\C/C=C\C/C=C\C/C=C\C/C=C\C/C=C\C/C=C\C/C=C\CCCCCCCCCC(=O)NC(COP(=O)(O)OCC[N+](C)(C)C)C(O)/C=C/CCCCC. The van der Waals surface area contributed by atoms with Gasteiger partial charge in [-0.1, -0.05) is 205 Å². The summed E-state index contributed by atoms with van der Waals surface area (Å²) in [7, 11) is 1.53. The molecule has 384 valence electrons.